The Bertz CT molecular complexity index is 2290. The van der Waals surface area contributed by atoms with Crippen molar-refractivity contribution in [1.29, 1.82) is 0 Å². The Labute approximate surface area is 349 Å². The van der Waals surface area contributed by atoms with E-state index in [1.807, 2.05) is 35.2 Å². The van der Waals surface area contributed by atoms with Gasteiger partial charge in [0.2, 0.25) is 17.5 Å². The van der Waals surface area contributed by atoms with Gasteiger partial charge in [0.1, 0.15) is 17.9 Å². The van der Waals surface area contributed by atoms with Gasteiger partial charge in [0.25, 0.3) is 17.7 Å². The zero-order chi connectivity index (χ0) is 41.4. The van der Waals surface area contributed by atoms with Crippen LogP contribution in [0.4, 0.5) is 11.4 Å². The lowest BCUT2D eigenvalue weighted by molar-refractivity contribution is -0.136. The van der Waals surface area contributed by atoms with Crippen LogP contribution in [0, 0.1) is 29.7 Å². The molecule has 0 spiro atoms. The Kier molecular flexibility index (Phi) is 11.2. The molecule has 13 heteroatoms. The molecule has 5 aliphatic rings. The Morgan fingerprint density at radius 2 is 1.64 bits per heavy atom. The molecule has 4 fully saturated rings. The number of nitrogens with one attached hydrogen (secondary N) is 1. The van der Waals surface area contributed by atoms with E-state index in [9.17, 15) is 24.0 Å². The van der Waals surface area contributed by atoms with E-state index in [4.69, 9.17) is 22.9 Å². The van der Waals surface area contributed by atoms with E-state index in [1.54, 1.807) is 30.3 Å². The minimum atomic E-state index is -0.984. The second-order valence-corrected chi connectivity index (χ2v) is 17.3. The highest BCUT2D eigenvalue weighted by molar-refractivity contribution is 6.33. The molecule has 8 rings (SSSR count). The van der Waals surface area contributed by atoms with Gasteiger partial charge in [-0.15, -0.1) is 0 Å². The molecule has 0 saturated carbocycles. The number of anilines is 1. The molecule has 2 unspecified atom stereocenters. The number of ether oxygens (including phenoxy) is 1. The first-order valence-electron chi connectivity index (χ1n) is 20.5. The maximum atomic E-state index is 13.6. The number of imide groups is 2. The van der Waals surface area contributed by atoms with E-state index >= 15 is 0 Å². The number of nitrogens with zero attached hydrogens (tertiary/aromatic N) is 5. The molecule has 59 heavy (non-hydrogen) atoms. The SMILES string of the molecule is [C-]#[N+]c1ccc(OC2CCN(C(=O)c3ccc(C#CC4CCN(C5CCN(c6cccc7c6C(=O)N(C6CCC(=O)NC6=O)C7=O)CC5)CC4)cc3)CC2(C)C)cc1Cl. The van der Waals surface area contributed by atoms with Gasteiger partial charge < -0.3 is 19.4 Å². The van der Waals surface area contributed by atoms with E-state index in [-0.39, 0.29) is 30.3 Å². The Balaban J connectivity index is 0.803. The number of carbonyl (C=O) groups is 5. The predicted molar refractivity (Wildman–Crippen MR) is 222 cm³/mol. The third-order valence-electron chi connectivity index (χ3n) is 12.6. The predicted octanol–water partition coefficient (Wildman–Crippen LogP) is 6.34. The molecule has 12 nitrogen and oxygen atoms in total. The lowest BCUT2D eigenvalue weighted by Gasteiger charge is -2.44. The molecule has 3 aromatic rings. The summed E-state index contributed by atoms with van der Waals surface area (Å²) in [4.78, 5) is 75.9. The summed E-state index contributed by atoms with van der Waals surface area (Å²) in [5.74, 6) is 5.80. The van der Waals surface area contributed by atoms with Crippen molar-refractivity contribution in [3.63, 3.8) is 0 Å². The maximum absolute atomic E-state index is 13.6. The van der Waals surface area contributed by atoms with Crippen LogP contribution in [0.25, 0.3) is 4.85 Å². The number of rotatable bonds is 6. The van der Waals surface area contributed by atoms with Crippen LogP contribution < -0.4 is 15.0 Å². The van der Waals surface area contributed by atoms with Crippen LogP contribution in [0.5, 0.6) is 5.75 Å². The van der Waals surface area contributed by atoms with Crippen LogP contribution in [-0.2, 0) is 9.59 Å². The van der Waals surface area contributed by atoms with Gasteiger partial charge in [-0.2, -0.15) is 0 Å². The highest BCUT2D eigenvalue weighted by atomic mass is 35.5. The third-order valence-corrected chi connectivity index (χ3v) is 12.9. The average Bonchev–Trinajstić information content (AvgIpc) is 3.49. The normalized spacial score (nSPS) is 22.6. The zero-order valence-electron chi connectivity index (χ0n) is 33.3. The zero-order valence-corrected chi connectivity index (χ0v) is 34.1. The van der Waals surface area contributed by atoms with E-state index in [2.05, 4.69) is 45.6 Å². The topological polar surface area (TPSA) is 124 Å². The van der Waals surface area contributed by atoms with Crippen LogP contribution in [-0.4, -0.2) is 102 Å². The second kappa shape index (κ2) is 16.5. The minimum absolute atomic E-state index is 0.00798. The van der Waals surface area contributed by atoms with E-state index in [0.717, 1.165) is 68.0 Å². The van der Waals surface area contributed by atoms with Crippen molar-refractivity contribution in [1.82, 2.24) is 20.0 Å². The van der Waals surface area contributed by atoms with Gasteiger partial charge in [0.05, 0.1) is 28.4 Å². The van der Waals surface area contributed by atoms with Crippen molar-refractivity contribution in [3.05, 3.63) is 99.4 Å². The summed E-state index contributed by atoms with van der Waals surface area (Å²) in [5, 5.41) is 2.63. The van der Waals surface area contributed by atoms with Crippen LogP contribution in [0.3, 0.4) is 0 Å². The second-order valence-electron chi connectivity index (χ2n) is 16.9. The lowest BCUT2D eigenvalue weighted by Crippen LogP contribution is -2.54. The van der Waals surface area contributed by atoms with E-state index in [1.165, 1.54) is 0 Å². The van der Waals surface area contributed by atoms with Crippen LogP contribution in [0.2, 0.25) is 5.02 Å². The largest absolute Gasteiger partial charge is 0.490 e. The first-order valence-corrected chi connectivity index (χ1v) is 20.9. The fraction of sp³-hybridized carbons (Fsp3) is 0.435. The summed E-state index contributed by atoms with van der Waals surface area (Å²) in [6, 6.07) is 17.5. The molecule has 5 heterocycles. The Hall–Kier alpha value is -5.69. The first-order chi connectivity index (χ1) is 28.4. The van der Waals surface area contributed by atoms with Crippen molar-refractivity contribution in [3.8, 4) is 17.6 Å². The summed E-state index contributed by atoms with van der Waals surface area (Å²) in [6.45, 7) is 16.0. The van der Waals surface area contributed by atoms with Crippen molar-refractivity contribution in [2.45, 2.75) is 77.0 Å². The number of hydrogen-bond acceptors (Lipinski definition) is 8. The quantitative estimate of drug-likeness (QED) is 0.174. The summed E-state index contributed by atoms with van der Waals surface area (Å²) in [5.41, 5.74) is 3.00. The van der Waals surface area contributed by atoms with Crippen LogP contribution in [0.15, 0.2) is 60.7 Å². The van der Waals surface area contributed by atoms with Gasteiger partial charge in [0.15, 0.2) is 0 Å². The monoisotopic (exact) mass is 814 g/mol. The van der Waals surface area contributed by atoms with E-state index < -0.39 is 29.7 Å². The van der Waals surface area contributed by atoms with Gasteiger partial charge in [-0.1, -0.05) is 49.4 Å². The van der Waals surface area contributed by atoms with Gasteiger partial charge in [0, 0.05) is 67.5 Å². The van der Waals surface area contributed by atoms with Crippen molar-refractivity contribution in [2.24, 2.45) is 11.3 Å². The highest BCUT2D eigenvalue weighted by Crippen LogP contribution is 2.38. The fourth-order valence-corrected chi connectivity index (χ4v) is 9.46. The fourth-order valence-electron chi connectivity index (χ4n) is 9.25. The first kappa shape index (κ1) is 40.1. The summed E-state index contributed by atoms with van der Waals surface area (Å²) >= 11 is 6.23. The molecule has 5 aliphatic heterocycles. The molecule has 5 amide bonds. The molecular weight excluding hydrogens is 768 g/mol. The highest BCUT2D eigenvalue weighted by Gasteiger charge is 2.46. The molecule has 304 valence electrons. The standard InChI is InChI=1S/C46H47ClN6O6/c1-46(2)28-52(26-21-39(46)59-33-13-14-36(48-3)35(47)27-33)43(56)31-11-9-29(10-12-31)7-8-30-17-22-50(23-18-30)32-19-24-51(25-20-32)37-6-4-5-34-41(37)45(58)53(44(34)57)38-15-16-40(54)49-42(38)55/h4-6,9-14,27,30,32,38-39H,15-26,28H2,1-2H3,(H,49,54,55). The number of hydrogen-bond donors (Lipinski definition) is 1. The Morgan fingerprint density at radius 3 is 2.32 bits per heavy atom. The van der Waals surface area contributed by atoms with Gasteiger partial charge >= 0.3 is 0 Å². The molecular formula is C46H47ClN6O6. The number of halogens is 1. The summed E-state index contributed by atoms with van der Waals surface area (Å²) < 4.78 is 6.29. The van der Waals surface area contributed by atoms with Gasteiger partial charge in [-0.3, -0.25) is 34.2 Å². The third kappa shape index (κ3) is 8.17. The molecule has 4 saturated heterocycles. The van der Waals surface area contributed by atoms with Gasteiger partial charge in [-0.05, 0) is 93.7 Å². The van der Waals surface area contributed by atoms with Crippen molar-refractivity contribution in [2.75, 3.05) is 44.2 Å². The number of benzene rings is 3. The van der Waals surface area contributed by atoms with E-state index in [0.29, 0.717) is 64.6 Å². The number of fused-ring (bicyclic) bond motifs is 1. The van der Waals surface area contributed by atoms with Crippen molar-refractivity contribution >= 4 is 52.5 Å². The van der Waals surface area contributed by atoms with Crippen LogP contribution >= 0.6 is 11.6 Å². The van der Waals surface area contributed by atoms with Gasteiger partial charge in [-0.25, -0.2) is 4.85 Å². The molecule has 1 N–H and O–H groups in total. The number of piperidine rings is 4. The molecule has 2 atom stereocenters. The molecule has 0 bridgehead atoms. The molecule has 0 radical (unpaired) electrons. The number of likely N-dealkylation sites (tertiary alicyclic amines) is 2. The maximum Gasteiger partial charge on any atom is 0.264 e. The molecule has 0 aromatic heterocycles. The Morgan fingerprint density at radius 1 is 0.898 bits per heavy atom. The minimum Gasteiger partial charge on any atom is -0.490 e. The smallest absolute Gasteiger partial charge is 0.264 e. The lowest BCUT2D eigenvalue weighted by atomic mass is 9.80. The number of carbonyl (C=O) groups excluding carboxylic acids is 5. The summed E-state index contributed by atoms with van der Waals surface area (Å²) in [6.07, 6.45) is 4.62. The average molecular weight is 815 g/mol. The molecule has 0 aliphatic carbocycles. The molecule has 3 aromatic carbocycles. The summed E-state index contributed by atoms with van der Waals surface area (Å²) in [7, 11) is 0. The van der Waals surface area contributed by atoms with Crippen LogP contribution in [0.1, 0.15) is 95.4 Å². The van der Waals surface area contributed by atoms with Crippen molar-refractivity contribution < 1.29 is 28.7 Å². The number of amides is 5.